The van der Waals surface area contributed by atoms with Crippen LogP contribution in [0, 0.1) is 20.8 Å². The number of nitrogens with zero attached hydrogens (tertiary/aromatic N) is 3. The quantitative estimate of drug-likeness (QED) is 0.659. The molecule has 2 N–H and O–H groups in total. The molecule has 6 heteroatoms. The Hall–Kier alpha value is -3.15. The molecular formula is C22H27N5O. The molecule has 6 nitrogen and oxygen atoms in total. The zero-order chi connectivity index (χ0) is 20.1. The molecule has 0 radical (unpaired) electrons. The topological polar surface area (TPSA) is 71.8 Å². The number of hydrogen-bond acceptors (Lipinski definition) is 4. The van der Waals surface area contributed by atoms with E-state index in [9.17, 15) is 4.79 Å². The van der Waals surface area contributed by atoms with Gasteiger partial charge in [0.2, 0.25) is 0 Å². The van der Waals surface area contributed by atoms with Crippen LogP contribution in [0.15, 0.2) is 48.8 Å². The second kappa shape index (κ2) is 8.69. The summed E-state index contributed by atoms with van der Waals surface area (Å²) in [7, 11) is 0. The Kier molecular flexibility index (Phi) is 6.09. The number of rotatable bonds is 7. The number of hydrogen-bond donors (Lipinski definition) is 2. The van der Waals surface area contributed by atoms with Gasteiger partial charge in [0.1, 0.15) is 0 Å². The summed E-state index contributed by atoms with van der Waals surface area (Å²) in [6.07, 6.45) is 3.59. The van der Waals surface area contributed by atoms with Crippen molar-refractivity contribution in [1.29, 1.82) is 0 Å². The molecule has 1 amide bonds. The van der Waals surface area contributed by atoms with E-state index >= 15 is 0 Å². The van der Waals surface area contributed by atoms with Gasteiger partial charge in [-0.1, -0.05) is 12.1 Å². The van der Waals surface area contributed by atoms with E-state index in [0.717, 1.165) is 28.2 Å². The van der Waals surface area contributed by atoms with Crippen LogP contribution in [-0.2, 0) is 13.1 Å². The van der Waals surface area contributed by atoms with Gasteiger partial charge in [0.25, 0.3) is 5.91 Å². The van der Waals surface area contributed by atoms with Crippen molar-refractivity contribution in [3.05, 3.63) is 76.9 Å². The number of nitrogens with one attached hydrogen (secondary N) is 2. The van der Waals surface area contributed by atoms with Gasteiger partial charge in [0, 0.05) is 41.9 Å². The lowest BCUT2D eigenvalue weighted by molar-refractivity contribution is 0.0935. The first-order valence-electron chi connectivity index (χ1n) is 9.48. The second-order valence-corrected chi connectivity index (χ2v) is 7.18. The van der Waals surface area contributed by atoms with E-state index in [1.165, 1.54) is 0 Å². The summed E-state index contributed by atoms with van der Waals surface area (Å²) in [4.78, 5) is 16.9. The third-order valence-corrected chi connectivity index (χ3v) is 4.71. The number of aryl methyl sites for hydroxylation is 2. The Balaban J connectivity index is 1.65. The van der Waals surface area contributed by atoms with Crippen molar-refractivity contribution in [2.75, 3.05) is 5.32 Å². The van der Waals surface area contributed by atoms with E-state index in [4.69, 9.17) is 0 Å². The molecule has 0 aliphatic carbocycles. The molecule has 0 spiro atoms. The predicted molar refractivity (Wildman–Crippen MR) is 111 cm³/mol. The number of aromatic nitrogens is 3. The van der Waals surface area contributed by atoms with Gasteiger partial charge in [0.05, 0.1) is 12.2 Å². The number of amides is 1. The molecule has 0 saturated heterocycles. The zero-order valence-corrected chi connectivity index (χ0v) is 16.9. The molecular weight excluding hydrogens is 350 g/mol. The second-order valence-electron chi connectivity index (χ2n) is 7.18. The van der Waals surface area contributed by atoms with Gasteiger partial charge in [-0.25, -0.2) is 0 Å². The Morgan fingerprint density at radius 2 is 2.00 bits per heavy atom. The van der Waals surface area contributed by atoms with Gasteiger partial charge < -0.3 is 10.6 Å². The number of carbonyl (C=O) groups excluding carboxylic acids is 1. The van der Waals surface area contributed by atoms with Crippen LogP contribution in [0.1, 0.15) is 39.8 Å². The Labute approximate surface area is 166 Å². The van der Waals surface area contributed by atoms with Gasteiger partial charge >= 0.3 is 0 Å². The summed E-state index contributed by atoms with van der Waals surface area (Å²) in [5, 5.41) is 10.9. The Morgan fingerprint density at radius 3 is 2.68 bits per heavy atom. The van der Waals surface area contributed by atoms with E-state index < -0.39 is 0 Å². The van der Waals surface area contributed by atoms with Gasteiger partial charge in [0.15, 0.2) is 0 Å². The van der Waals surface area contributed by atoms with E-state index in [0.29, 0.717) is 18.7 Å². The summed E-state index contributed by atoms with van der Waals surface area (Å²) >= 11 is 0. The fraction of sp³-hybridized carbons (Fsp3) is 0.318. The Bertz CT molecular complexity index is 949. The summed E-state index contributed by atoms with van der Waals surface area (Å²) in [5.41, 5.74) is 5.73. The maximum Gasteiger partial charge on any atom is 0.251 e. The largest absolute Gasteiger partial charge is 0.381 e. The minimum atomic E-state index is -0.0726. The molecule has 146 valence electrons. The van der Waals surface area contributed by atoms with Crippen molar-refractivity contribution in [3.63, 3.8) is 0 Å². The molecule has 3 rings (SSSR count). The molecule has 0 saturated carbocycles. The van der Waals surface area contributed by atoms with Crippen LogP contribution in [-0.4, -0.2) is 26.7 Å². The number of carbonyl (C=O) groups is 1. The summed E-state index contributed by atoms with van der Waals surface area (Å²) < 4.78 is 1.93. The van der Waals surface area contributed by atoms with Gasteiger partial charge in [-0.15, -0.1) is 0 Å². The number of anilines is 1. The number of benzene rings is 1. The molecule has 3 aromatic rings. The minimum Gasteiger partial charge on any atom is -0.381 e. The van der Waals surface area contributed by atoms with Crippen LogP contribution < -0.4 is 10.6 Å². The van der Waals surface area contributed by atoms with Crippen LogP contribution in [0.5, 0.6) is 0 Å². The Morgan fingerprint density at radius 1 is 1.18 bits per heavy atom. The highest BCUT2D eigenvalue weighted by atomic mass is 16.1. The van der Waals surface area contributed by atoms with Gasteiger partial charge in [-0.05, 0) is 63.1 Å². The molecule has 1 aromatic carbocycles. The van der Waals surface area contributed by atoms with Crippen molar-refractivity contribution < 1.29 is 4.79 Å². The highest BCUT2D eigenvalue weighted by Gasteiger charge is 2.15. The molecule has 28 heavy (non-hydrogen) atoms. The molecule has 0 aliphatic rings. The van der Waals surface area contributed by atoms with Crippen LogP contribution in [0.4, 0.5) is 5.69 Å². The maximum atomic E-state index is 12.8. The zero-order valence-electron chi connectivity index (χ0n) is 16.9. The van der Waals surface area contributed by atoms with Crippen LogP contribution in [0.3, 0.4) is 0 Å². The summed E-state index contributed by atoms with van der Waals surface area (Å²) in [5.74, 6) is -0.0726. The van der Waals surface area contributed by atoms with Crippen molar-refractivity contribution in [2.45, 2.75) is 46.8 Å². The average molecular weight is 377 g/mol. The molecule has 0 aliphatic heterocycles. The maximum absolute atomic E-state index is 12.8. The normalized spacial score (nSPS) is 11.9. The highest BCUT2D eigenvalue weighted by Crippen LogP contribution is 2.20. The fourth-order valence-electron chi connectivity index (χ4n) is 3.24. The molecule has 2 aromatic heterocycles. The monoisotopic (exact) mass is 377 g/mol. The smallest absolute Gasteiger partial charge is 0.251 e. The van der Waals surface area contributed by atoms with Crippen LogP contribution in [0.2, 0.25) is 0 Å². The van der Waals surface area contributed by atoms with Gasteiger partial charge in [-0.3, -0.25) is 14.5 Å². The highest BCUT2D eigenvalue weighted by molar-refractivity contribution is 5.97. The lowest BCUT2D eigenvalue weighted by Crippen LogP contribution is -2.36. The minimum absolute atomic E-state index is 0.0306. The molecule has 0 bridgehead atoms. The van der Waals surface area contributed by atoms with Crippen molar-refractivity contribution in [1.82, 2.24) is 20.1 Å². The lowest BCUT2D eigenvalue weighted by Gasteiger charge is -2.17. The summed E-state index contributed by atoms with van der Waals surface area (Å²) in [6.45, 7) is 9.26. The van der Waals surface area contributed by atoms with Crippen molar-refractivity contribution in [3.8, 4) is 0 Å². The van der Waals surface area contributed by atoms with E-state index in [1.807, 2.05) is 75.0 Å². The van der Waals surface area contributed by atoms with Crippen LogP contribution >= 0.6 is 0 Å². The first-order valence-corrected chi connectivity index (χ1v) is 9.48. The summed E-state index contributed by atoms with van der Waals surface area (Å²) in [6, 6.07) is 11.7. The van der Waals surface area contributed by atoms with E-state index in [2.05, 4.69) is 20.7 Å². The lowest BCUT2D eigenvalue weighted by atomic mass is 10.1. The third-order valence-electron chi connectivity index (χ3n) is 4.71. The van der Waals surface area contributed by atoms with Gasteiger partial charge in [-0.2, -0.15) is 5.10 Å². The molecule has 1 atom stereocenters. The predicted octanol–water partition coefficient (Wildman–Crippen LogP) is 3.63. The van der Waals surface area contributed by atoms with E-state index in [-0.39, 0.29) is 11.9 Å². The fourth-order valence-corrected chi connectivity index (χ4v) is 3.24. The van der Waals surface area contributed by atoms with E-state index in [1.54, 1.807) is 6.20 Å². The first-order chi connectivity index (χ1) is 13.4. The first kappa shape index (κ1) is 19.6. The number of pyridine rings is 1. The standard InChI is InChI=1S/C22H27N5O/c1-15-11-17(3)27(26-15)14-16(2)25-22(28)20-8-5-9-21(18(20)4)24-13-19-7-6-10-23-12-19/h5-12,16,24H,13-14H2,1-4H3,(H,25,28). The molecule has 2 heterocycles. The van der Waals surface area contributed by atoms with Crippen molar-refractivity contribution in [2.24, 2.45) is 0 Å². The SMILES string of the molecule is Cc1cc(C)n(CC(C)NC(=O)c2cccc(NCc3cccnc3)c2C)n1. The molecule has 0 fully saturated rings. The average Bonchev–Trinajstić information content (AvgIpc) is 2.98. The third kappa shape index (κ3) is 4.76. The van der Waals surface area contributed by atoms with Crippen molar-refractivity contribution >= 4 is 11.6 Å². The molecule has 1 unspecified atom stereocenters. The van der Waals surface area contributed by atoms with Crippen LogP contribution in [0.25, 0.3) is 0 Å².